The summed E-state index contributed by atoms with van der Waals surface area (Å²) in [5.41, 5.74) is 0.365. The first kappa shape index (κ1) is 19.6. The van der Waals surface area contributed by atoms with Gasteiger partial charge in [-0.1, -0.05) is 26.8 Å². The molecule has 2 aliphatic heterocycles. The van der Waals surface area contributed by atoms with Crippen molar-refractivity contribution in [3.63, 3.8) is 0 Å². The van der Waals surface area contributed by atoms with Gasteiger partial charge in [-0.2, -0.15) is 4.31 Å². The molecule has 2 fully saturated rings. The number of sulfonamides is 1. The summed E-state index contributed by atoms with van der Waals surface area (Å²) in [5, 5.41) is 9.96. The van der Waals surface area contributed by atoms with Crippen LogP contribution in [0.3, 0.4) is 0 Å². The number of aliphatic hydroxyl groups excluding tert-OH is 1. The Hall–Kier alpha value is -1.15. The molecule has 2 aliphatic rings. The second kappa shape index (κ2) is 6.78. The highest BCUT2D eigenvalue weighted by molar-refractivity contribution is 7.89. The lowest BCUT2D eigenvalue weighted by molar-refractivity contribution is -0.0414. The Morgan fingerprint density at radius 2 is 2.12 bits per heavy atom. The predicted octanol–water partition coefficient (Wildman–Crippen LogP) is 2.01. The van der Waals surface area contributed by atoms with Crippen molar-refractivity contribution >= 4 is 10.0 Å². The second-order valence-corrected chi connectivity index (χ2v) is 10.4. The molecule has 0 spiro atoms. The van der Waals surface area contributed by atoms with Gasteiger partial charge in [0.2, 0.25) is 10.0 Å². The average molecular weight is 384 g/mol. The molecule has 7 heteroatoms. The van der Waals surface area contributed by atoms with Gasteiger partial charge in [-0.3, -0.25) is 0 Å². The summed E-state index contributed by atoms with van der Waals surface area (Å²) in [6.45, 7) is 7.87. The zero-order valence-corrected chi connectivity index (χ0v) is 16.8. The molecule has 0 unspecified atom stereocenters. The Morgan fingerprint density at radius 3 is 2.69 bits per heavy atom. The second-order valence-electron chi connectivity index (χ2n) is 8.46. The molecule has 2 saturated heterocycles. The fourth-order valence-electron chi connectivity index (χ4n) is 3.92. The van der Waals surface area contributed by atoms with Crippen LogP contribution in [-0.2, 0) is 20.2 Å². The summed E-state index contributed by atoms with van der Waals surface area (Å²) in [4.78, 5) is 0.195. The fraction of sp³-hybridized carbons (Fsp3) is 0.684. The van der Waals surface area contributed by atoms with Gasteiger partial charge in [-0.15, -0.1) is 0 Å². The summed E-state index contributed by atoms with van der Waals surface area (Å²) in [6, 6.07) is 5.35. The van der Waals surface area contributed by atoms with Gasteiger partial charge in [0.15, 0.2) is 0 Å². The lowest BCUT2D eigenvalue weighted by Crippen LogP contribution is -2.41. The van der Waals surface area contributed by atoms with E-state index in [0.717, 1.165) is 5.56 Å². The number of rotatable bonds is 4. The maximum Gasteiger partial charge on any atom is 0.246 e. The monoisotopic (exact) mass is 383 g/mol. The van der Waals surface area contributed by atoms with Crippen LogP contribution in [0.2, 0.25) is 0 Å². The van der Waals surface area contributed by atoms with Crippen molar-refractivity contribution in [1.29, 1.82) is 0 Å². The number of hydrogen-bond acceptors (Lipinski definition) is 5. The first-order valence-electron chi connectivity index (χ1n) is 9.01. The van der Waals surface area contributed by atoms with Gasteiger partial charge in [-0.05, 0) is 29.5 Å². The quantitative estimate of drug-likeness (QED) is 0.861. The van der Waals surface area contributed by atoms with Gasteiger partial charge >= 0.3 is 0 Å². The normalized spacial score (nSPS) is 27.3. The summed E-state index contributed by atoms with van der Waals surface area (Å²) >= 11 is 0. The number of aliphatic hydroxyl groups is 1. The summed E-state index contributed by atoms with van der Waals surface area (Å²) in [5.74, 6) is 0.370. The van der Waals surface area contributed by atoms with Gasteiger partial charge in [0, 0.05) is 31.0 Å². The zero-order chi connectivity index (χ0) is 19.2. The van der Waals surface area contributed by atoms with Crippen molar-refractivity contribution < 1.29 is 23.0 Å². The summed E-state index contributed by atoms with van der Waals surface area (Å²) < 4.78 is 39.2. The first-order valence-corrected chi connectivity index (χ1v) is 10.5. The van der Waals surface area contributed by atoms with E-state index >= 15 is 0 Å². The van der Waals surface area contributed by atoms with Crippen molar-refractivity contribution in [3.05, 3.63) is 23.8 Å². The highest BCUT2D eigenvalue weighted by Crippen LogP contribution is 2.44. The van der Waals surface area contributed by atoms with Gasteiger partial charge in [0.25, 0.3) is 0 Å². The van der Waals surface area contributed by atoms with Gasteiger partial charge < -0.3 is 14.6 Å². The largest absolute Gasteiger partial charge is 0.495 e. The Kier molecular flexibility index (Phi) is 5.11. The van der Waals surface area contributed by atoms with Crippen molar-refractivity contribution in [2.75, 3.05) is 40.0 Å². The van der Waals surface area contributed by atoms with E-state index in [1.165, 1.54) is 11.4 Å². The molecule has 2 atom stereocenters. The van der Waals surface area contributed by atoms with Crippen molar-refractivity contribution in [1.82, 2.24) is 4.31 Å². The number of hydrogen-bond donors (Lipinski definition) is 1. The Balaban J connectivity index is 2.01. The van der Waals surface area contributed by atoms with Crippen molar-refractivity contribution in [2.45, 2.75) is 37.5 Å². The fourth-order valence-corrected chi connectivity index (χ4v) is 5.69. The van der Waals surface area contributed by atoms with Crippen LogP contribution in [0.4, 0.5) is 0 Å². The van der Waals surface area contributed by atoms with Gasteiger partial charge in [0.05, 0.1) is 20.3 Å². The standard InChI is InChI=1S/C19H29NO5S/c1-18(2,3)14-5-6-16(24-4)17(9-14)26(22,23)20-10-15-11-25-8-7-19(15,12-20)13-21/h5-6,9,15,21H,7-8,10-13H2,1-4H3/t15-,19-/m1/s1. The summed E-state index contributed by atoms with van der Waals surface area (Å²) in [6.07, 6.45) is 0.680. The molecular formula is C19H29NO5S. The van der Waals surface area contributed by atoms with Crippen LogP contribution in [0, 0.1) is 11.3 Å². The molecule has 0 bridgehead atoms. The van der Waals surface area contributed by atoms with E-state index in [0.29, 0.717) is 38.5 Å². The first-order chi connectivity index (χ1) is 12.1. The van der Waals surface area contributed by atoms with Gasteiger partial charge in [0.1, 0.15) is 10.6 Å². The predicted molar refractivity (Wildman–Crippen MR) is 98.9 cm³/mol. The molecule has 6 nitrogen and oxygen atoms in total. The van der Waals surface area contributed by atoms with Crippen LogP contribution in [0.1, 0.15) is 32.8 Å². The zero-order valence-electron chi connectivity index (χ0n) is 16.0. The Morgan fingerprint density at radius 1 is 1.38 bits per heavy atom. The van der Waals surface area contributed by atoms with E-state index in [1.807, 2.05) is 26.8 Å². The van der Waals surface area contributed by atoms with Crippen LogP contribution in [0.5, 0.6) is 5.75 Å². The molecule has 0 radical (unpaired) electrons. The maximum absolute atomic E-state index is 13.4. The minimum Gasteiger partial charge on any atom is -0.495 e. The molecular weight excluding hydrogens is 354 g/mol. The number of benzene rings is 1. The molecule has 0 amide bonds. The molecule has 146 valence electrons. The van der Waals surface area contributed by atoms with E-state index < -0.39 is 15.4 Å². The third kappa shape index (κ3) is 3.26. The molecule has 0 aromatic heterocycles. The van der Waals surface area contributed by atoms with E-state index in [1.54, 1.807) is 12.1 Å². The minimum absolute atomic E-state index is 0.0211. The topological polar surface area (TPSA) is 76.1 Å². The summed E-state index contributed by atoms with van der Waals surface area (Å²) in [7, 11) is -2.24. The highest BCUT2D eigenvalue weighted by Gasteiger charge is 2.51. The molecule has 0 saturated carbocycles. The lowest BCUT2D eigenvalue weighted by atomic mass is 9.75. The van der Waals surface area contributed by atoms with Crippen LogP contribution >= 0.6 is 0 Å². The molecule has 0 aliphatic carbocycles. The Labute approximate surface area is 156 Å². The van der Waals surface area contributed by atoms with Crippen LogP contribution in [0.15, 0.2) is 23.1 Å². The molecule has 26 heavy (non-hydrogen) atoms. The molecule has 1 aromatic carbocycles. The SMILES string of the molecule is COc1ccc(C(C)(C)C)cc1S(=O)(=O)N1C[C@@H]2COCC[C@]2(CO)C1. The molecule has 1 N–H and O–H groups in total. The van der Waals surface area contributed by atoms with Crippen LogP contribution in [0.25, 0.3) is 0 Å². The Bertz CT molecular complexity index is 771. The molecule has 3 rings (SSSR count). The third-order valence-corrected chi connectivity index (χ3v) is 7.64. The van der Waals surface area contributed by atoms with Crippen LogP contribution in [-0.4, -0.2) is 57.8 Å². The number of ether oxygens (including phenoxy) is 2. The molecule has 2 heterocycles. The van der Waals surface area contributed by atoms with Crippen LogP contribution < -0.4 is 4.74 Å². The maximum atomic E-state index is 13.4. The average Bonchev–Trinajstić information content (AvgIpc) is 3.01. The number of nitrogens with zero attached hydrogens (tertiary/aromatic N) is 1. The number of fused-ring (bicyclic) bond motifs is 1. The number of methoxy groups -OCH3 is 1. The van der Waals surface area contributed by atoms with Crippen molar-refractivity contribution in [3.8, 4) is 5.75 Å². The van der Waals surface area contributed by atoms with E-state index in [-0.39, 0.29) is 22.8 Å². The lowest BCUT2D eigenvalue weighted by Gasteiger charge is -2.36. The van der Waals surface area contributed by atoms with E-state index in [2.05, 4.69) is 0 Å². The third-order valence-electron chi connectivity index (χ3n) is 5.81. The highest BCUT2D eigenvalue weighted by atomic mass is 32.2. The molecule has 1 aromatic rings. The minimum atomic E-state index is -3.73. The van der Waals surface area contributed by atoms with Crippen molar-refractivity contribution in [2.24, 2.45) is 11.3 Å². The van der Waals surface area contributed by atoms with Gasteiger partial charge in [-0.25, -0.2) is 8.42 Å². The smallest absolute Gasteiger partial charge is 0.246 e. The van der Waals surface area contributed by atoms with E-state index in [9.17, 15) is 13.5 Å². The van der Waals surface area contributed by atoms with E-state index in [4.69, 9.17) is 9.47 Å².